The van der Waals surface area contributed by atoms with Crippen molar-refractivity contribution in [2.24, 2.45) is 0 Å². The molecule has 0 spiro atoms. The van der Waals surface area contributed by atoms with Crippen molar-refractivity contribution in [2.45, 2.75) is 26.3 Å². The van der Waals surface area contributed by atoms with Gasteiger partial charge in [-0.05, 0) is 25.5 Å². The number of amides is 2. The monoisotopic (exact) mass is 420 g/mol. The fourth-order valence-electron chi connectivity index (χ4n) is 3.19. The summed E-state index contributed by atoms with van der Waals surface area (Å²) in [5.74, 6) is -0.123. The number of hydrogen-bond donors (Lipinski definition) is 2. The van der Waals surface area contributed by atoms with E-state index in [9.17, 15) is 14.4 Å². The first kappa shape index (κ1) is 21.3. The topological polar surface area (TPSA) is 121 Å². The van der Waals surface area contributed by atoms with E-state index in [-0.39, 0.29) is 30.0 Å². The molecular weight excluding hydrogens is 396 g/mol. The molecule has 2 amide bonds. The van der Waals surface area contributed by atoms with Crippen molar-refractivity contribution in [3.8, 4) is 17.2 Å². The van der Waals surface area contributed by atoms with Crippen LogP contribution in [0.1, 0.15) is 30.6 Å². The minimum atomic E-state index is -0.679. The lowest BCUT2D eigenvalue weighted by Crippen LogP contribution is -2.51. The van der Waals surface area contributed by atoms with Gasteiger partial charge < -0.3 is 34.3 Å². The number of methoxy groups -OCH3 is 1. The molecular formula is C20H24N2O8. The second-order valence-corrected chi connectivity index (χ2v) is 6.45. The van der Waals surface area contributed by atoms with E-state index in [2.05, 4.69) is 10.6 Å². The molecule has 0 saturated heterocycles. The quantitative estimate of drug-likeness (QED) is 0.637. The minimum Gasteiger partial charge on any atom is -0.493 e. The van der Waals surface area contributed by atoms with Gasteiger partial charge >= 0.3 is 18.0 Å². The zero-order chi connectivity index (χ0) is 21.7. The summed E-state index contributed by atoms with van der Waals surface area (Å²) in [6.07, 6.45) is 0.471. The van der Waals surface area contributed by atoms with Gasteiger partial charge in [0.2, 0.25) is 5.75 Å². The standard InChI is InChI=1S/C20H24N2O8/c1-4-12-16(19(24)27-5-2)13(22-20(25)21-12)10-30-18(23)11-8-14(26-3)17-15(9-11)28-6-7-29-17/h8-9,12H,4-7,10H2,1-3H3,(H2,21,22,25). The van der Waals surface area contributed by atoms with Gasteiger partial charge in [0.15, 0.2) is 11.5 Å². The summed E-state index contributed by atoms with van der Waals surface area (Å²) >= 11 is 0. The molecule has 0 aliphatic carbocycles. The van der Waals surface area contributed by atoms with Gasteiger partial charge in [-0.1, -0.05) is 6.92 Å². The molecule has 0 bridgehead atoms. The number of carbonyl (C=O) groups excluding carboxylic acids is 3. The van der Waals surface area contributed by atoms with Gasteiger partial charge in [0.25, 0.3) is 0 Å². The van der Waals surface area contributed by atoms with Crippen molar-refractivity contribution in [1.29, 1.82) is 0 Å². The van der Waals surface area contributed by atoms with Gasteiger partial charge in [0.05, 0.1) is 36.6 Å². The number of nitrogens with one attached hydrogen (secondary N) is 2. The maximum atomic E-state index is 12.6. The summed E-state index contributed by atoms with van der Waals surface area (Å²) in [6, 6.07) is 1.95. The Morgan fingerprint density at radius 1 is 1.13 bits per heavy atom. The van der Waals surface area contributed by atoms with Crippen LogP contribution < -0.4 is 24.8 Å². The van der Waals surface area contributed by atoms with E-state index in [1.165, 1.54) is 19.2 Å². The van der Waals surface area contributed by atoms with Crippen LogP contribution >= 0.6 is 0 Å². The zero-order valence-corrected chi connectivity index (χ0v) is 17.0. The first-order chi connectivity index (χ1) is 14.5. The number of urea groups is 1. The van der Waals surface area contributed by atoms with Gasteiger partial charge in [-0.2, -0.15) is 0 Å². The largest absolute Gasteiger partial charge is 0.493 e. The molecule has 10 nitrogen and oxygen atoms in total. The summed E-state index contributed by atoms with van der Waals surface area (Å²) in [5.41, 5.74) is 0.593. The van der Waals surface area contributed by atoms with E-state index in [1.54, 1.807) is 6.92 Å². The lowest BCUT2D eigenvalue weighted by Gasteiger charge is -2.28. The lowest BCUT2D eigenvalue weighted by molar-refractivity contribution is -0.139. The van der Waals surface area contributed by atoms with E-state index in [0.29, 0.717) is 36.9 Å². The Labute approximate surface area is 173 Å². The van der Waals surface area contributed by atoms with Crippen LogP contribution in [-0.4, -0.2) is 57.5 Å². The van der Waals surface area contributed by atoms with Crippen LogP contribution in [0.2, 0.25) is 0 Å². The van der Waals surface area contributed by atoms with E-state index < -0.39 is 24.0 Å². The molecule has 0 aromatic heterocycles. The van der Waals surface area contributed by atoms with Crippen LogP contribution in [0.25, 0.3) is 0 Å². The molecule has 0 radical (unpaired) electrons. The molecule has 2 N–H and O–H groups in total. The summed E-state index contributed by atoms with van der Waals surface area (Å²) in [5, 5.41) is 5.19. The molecule has 0 fully saturated rings. The molecule has 0 saturated carbocycles. The Hall–Kier alpha value is -3.43. The molecule has 1 atom stereocenters. The van der Waals surface area contributed by atoms with Gasteiger partial charge in [-0.25, -0.2) is 14.4 Å². The van der Waals surface area contributed by atoms with E-state index in [0.717, 1.165) is 0 Å². The van der Waals surface area contributed by atoms with Crippen LogP contribution in [0.4, 0.5) is 4.79 Å². The fraction of sp³-hybridized carbons (Fsp3) is 0.450. The average Bonchev–Trinajstić information content (AvgIpc) is 2.76. The molecule has 1 aromatic carbocycles. The van der Waals surface area contributed by atoms with Crippen LogP contribution in [0.15, 0.2) is 23.4 Å². The van der Waals surface area contributed by atoms with Gasteiger partial charge in [0, 0.05) is 0 Å². The number of carbonyl (C=O) groups is 3. The van der Waals surface area contributed by atoms with Crippen molar-refractivity contribution in [2.75, 3.05) is 33.5 Å². The maximum absolute atomic E-state index is 12.6. The molecule has 30 heavy (non-hydrogen) atoms. The second kappa shape index (κ2) is 9.38. The molecule has 3 rings (SSSR count). The van der Waals surface area contributed by atoms with E-state index >= 15 is 0 Å². The second-order valence-electron chi connectivity index (χ2n) is 6.45. The van der Waals surface area contributed by atoms with Gasteiger partial charge in [0.1, 0.15) is 19.8 Å². The SMILES string of the molecule is CCOC(=O)C1=C(COC(=O)c2cc(OC)c3c(c2)OCCO3)NC(=O)NC1CC. The van der Waals surface area contributed by atoms with Crippen LogP contribution in [0.3, 0.4) is 0 Å². The van der Waals surface area contributed by atoms with Crippen LogP contribution in [0, 0.1) is 0 Å². The van der Waals surface area contributed by atoms with Gasteiger partial charge in [-0.15, -0.1) is 0 Å². The highest BCUT2D eigenvalue weighted by molar-refractivity contribution is 5.95. The Morgan fingerprint density at radius 2 is 1.90 bits per heavy atom. The highest BCUT2D eigenvalue weighted by atomic mass is 16.6. The number of rotatable bonds is 7. The lowest BCUT2D eigenvalue weighted by atomic mass is 10.0. The Bertz CT molecular complexity index is 863. The van der Waals surface area contributed by atoms with Crippen LogP contribution in [-0.2, 0) is 14.3 Å². The zero-order valence-electron chi connectivity index (χ0n) is 17.0. The molecule has 10 heteroatoms. The number of esters is 2. The van der Waals surface area contributed by atoms with Crippen molar-refractivity contribution in [1.82, 2.24) is 10.6 Å². The van der Waals surface area contributed by atoms with E-state index in [4.69, 9.17) is 23.7 Å². The predicted octanol–water partition coefficient (Wildman–Crippen LogP) is 1.53. The molecule has 162 valence electrons. The van der Waals surface area contributed by atoms with E-state index in [1.807, 2.05) is 6.92 Å². The minimum absolute atomic E-state index is 0.177. The third-order valence-corrected chi connectivity index (χ3v) is 4.56. The molecule has 1 aromatic rings. The van der Waals surface area contributed by atoms with Gasteiger partial charge in [-0.3, -0.25) is 0 Å². The summed E-state index contributed by atoms with van der Waals surface area (Å²) in [4.78, 5) is 37.0. The summed E-state index contributed by atoms with van der Waals surface area (Å²) in [7, 11) is 1.45. The van der Waals surface area contributed by atoms with Crippen LogP contribution in [0.5, 0.6) is 17.2 Å². The van der Waals surface area contributed by atoms with Crippen molar-refractivity contribution >= 4 is 18.0 Å². The molecule has 2 heterocycles. The summed E-state index contributed by atoms with van der Waals surface area (Å²) in [6.45, 7) is 4.10. The third-order valence-electron chi connectivity index (χ3n) is 4.56. The molecule has 2 aliphatic heterocycles. The molecule has 2 aliphatic rings. The molecule has 1 unspecified atom stereocenters. The average molecular weight is 420 g/mol. The van der Waals surface area contributed by atoms with Crippen molar-refractivity contribution < 1.29 is 38.1 Å². The first-order valence-corrected chi connectivity index (χ1v) is 9.60. The maximum Gasteiger partial charge on any atom is 0.338 e. The first-order valence-electron chi connectivity index (χ1n) is 9.60. The summed E-state index contributed by atoms with van der Waals surface area (Å²) < 4.78 is 26.8. The number of fused-ring (bicyclic) bond motifs is 1. The Morgan fingerprint density at radius 3 is 2.60 bits per heavy atom. The predicted molar refractivity (Wildman–Crippen MR) is 104 cm³/mol. The normalized spacial score (nSPS) is 17.6. The highest BCUT2D eigenvalue weighted by Gasteiger charge is 2.32. The third kappa shape index (κ3) is 4.42. The number of hydrogen-bond acceptors (Lipinski definition) is 8. The highest BCUT2D eigenvalue weighted by Crippen LogP contribution is 2.40. The number of benzene rings is 1. The van der Waals surface area contributed by atoms with Crippen molar-refractivity contribution in [3.63, 3.8) is 0 Å². The smallest absolute Gasteiger partial charge is 0.338 e. The van der Waals surface area contributed by atoms with Crippen molar-refractivity contribution in [3.05, 3.63) is 29.0 Å². The Balaban J connectivity index is 1.82. The fourth-order valence-corrected chi connectivity index (χ4v) is 3.19. The Kier molecular flexibility index (Phi) is 6.65. The number of ether oxygens (including phenoxy) is 5.